The molecule has 216 valence electrons. The van der Waals surface area contributed by atoms with Gasteiger partial charge in [-0.3, -0.25) is 10.4 Å². The maximum atomic E-state index is 10.1. The van der Waals surface area contributed by atoms with Crippen LogP contribution in [0, 0.1) is 11.3 Å². The van der Waals surface area contributed by atoms with Crippen LogP contribution in [-0.4, -0.2) is 51.1 Å². The predicted octanol–water partition coefficient (Wildman–Crippen LogP) is 5.68. The van der Waals surface area contributed by atoms with Crippen molar-refractivity contribution in [3.05, 3.63) is 82.9 Å². The van der Waals surface area contributed by atoms with E-state index in [0.717, 1.165) is 22.5 Å². The van der Waals surface area contributed by atoms with Crippen molar-refractivity contribution in [2.24, 2.45) is 27.4 Å². The summed E-state index contributed by atoms with van der Waals surface area (Å²) in [5.74, 6) is 0.496. The van der Waals surface area contributed by atoms with Crippen molar-refractivity contribution >= 4 is 44.1 Å². The fourth-order valence-corrected chi connectivity index (χ4v) is 5.66. The van der Waals surface area contributed by atoms with Gasteiger partial charge in [-0.15, -0.1) is 0 Å². The summed E-state index contributed by atoms with van der Waals surface area (Å²) in [4.78, 5) is 15.2. The summed E-state index contributed by atoms with van der Waals surface area (Å²) >= 11 is 1.44. The number of allylic oxidation sites excluding steroid dienone is 3. The highest BCUT2D eigenvalue weighted by Gasteiger charge is 2.24. The maximum absolute atomic E-state index is 10.1. The molecule has 11 heteroatoms. The van der Waals surface area contributed by atoms with Gasteiger partial charge in [0.05, 0.1) is 10.2 Å². The lowest BCUT2D eigenvalue weighted by molar-refractivity contribution is 0.183. The van der Waals surface area contributed by atoms with Gasteiger partial charge >= 0.3 is 0 Å². The number of fused-ring (bicyclic) bond motifs is 1. The summed E-state index contributed by atoms with van der Waals surface area (Å²) in [7, 11) is 1.69. The molecule has 41 heavy (non-hydrogen) atoms. The number of nitrogens with one attached hydrogen (secondary N) is 2. The highest BCUT2D eigenvalue weighted by molar-refractivity contribution is 7.22. The molecule has 1 aliphatic heterocycles. The van der Waals surface area contributed by atoms with E-state index in [1.165, 1.54) is 49.6 Å². The molecule has 4 rings (SSSR count). The number of dihydropyridines is 1. The Bertz CT molecular complexity index is 1480. The number of amidine groups is 2. The lowest BCUT2D eigenvalue weighted by Gasteiger charge is -2.28. The molecule has 0 saturated heterocycles. The second kappa shape index (κ2) is 13.3. The van der Waals surface area contributed by atoms with Gasteiger partial charge < -0.3 is 31.9 Å². The fraction of sp³-hybridized carbons (Fsp3) is 0.333. The molecule has 0 amide bonds. The van der Waals surface area contributed by atoms with E-state index in [0.29, 0.717) is 33.6 Å². The molecule has 1 saturated carbocycles. The van der Waals surface area contributed by atoms with Gasteiger partial charge in [0.2, 0.25) is 5.13 Å². The largest absolute Gasteiger partial charge is 0.480 e. The zero-order valence-electron chi connectivity index (χ0n) is 23.7. The highest BCUT2D eigenvalue weighted by Crippen LogP contribution is 2.29. The Hall–Kier alpha value is -4.38. The molecule has 1 aliphatic carbocycles. The number of aliphatic imine (C=N–C) groups is 2. The Morgan fingerprint density at radius 2 is 1.93 bits per heavy atom. The first-order chi connectivity index (χ1) is 19.7. The van der Waals surface area contributed by atoms with Crippen LogP contribution >= 0.6 is 11.3 Å². The van der Waals surface area contributed by atoms with Gasteiger partial charge in [-0.05, 0) is 68.5 Å². The normalized spacial score (nSPS) is 17.7. The van der Waals surface area contributed by atoms with Crippen LogP contribution in [0.1, 0.15) is 46.0 Å². The molecule has 8 N–H and O–H groups in total. The molecule has 10 nitrogen and oxygen atoms in total. The quantitative estimate of drug-likeness (QED) is 0.134. The number of rotatable bonds is 8. The third-order valence-corrected chi connectivity index (χ3v) is 8.22. The minimum absolute atomic E-state index is 0.0729. The van der Waals surface area contributed by atoms with Crippen LogP contribution in [0.2, 0.25) is 0 Å². The SMILES string of the molecule is CC(=NCC1CCCCC1)/C(=C\N)C1=CC=C(N(C)C(=N)/C=C(C)\C(N)=N\c2nc3ccccc3s2)NC1=C(O)O. The first-order valence-corrected chi connectivity index (χ1v) is 14.5. The molecule has 0 bridgehead atoms. The number of para-hydroxylation sites is 1. The summed E-state index contributed by atoms with van der Waals surface area (Å²) in [5.41, 5.74) is 15.5. The van der Waals surface area contributed by atoms with Crippen LogP contribution < -0.4 is 16.8 Å². The molecule has 2 aliphatic rings. The molecule has 0 unspecified atom stereocenters. The van der Waals surface area contributed by atoms with Gasteiger partial charge in [0, 0.05) is 36.7 Å². The second-order valence-electron chi connectivity index (χ2n) is 10.2. The third kappa shape index (κ3) is 7.23. The lowest BCUT2D eigenvalue weighted by atomic mass is 9.89. The Morgan fingerprint density at radius 3 is 2.61 bits per heavy atom. The van der Waals surface area contributed by atoms with E-state index in [9.17, 15) is 10.2 Å². The van der Waals surface area contributed by atoms with E-state index < -0.39 is 5.95 Å². The van der Waals surface area contributed by atoms with E-state index in [1.54, 1.807) is 37.1 Å². The number of aliphatic hydroxyl groups is 2. The van der Waals surface area contributed by atoms with Gasteiger partial charge in [0.25, 0.3) is 5.95 Å². The topological polar surface area (TPSA) is 169 Å². The zero-order chi connectivity index (χ0) is 29.5. The Labute approximate surface area is 244 Å². The van der Waals surface area contributed by atoms with Crippen LogP contribution in [-0.2, 0) is 0 Å². The minimum atomic E-state index is -0.889. The summed E-state index contributed by atoms with van der Waals surface area (Å²) in [6.07, 6.45) is 12.6. The summed E-state index contributed by atoms with van der Waals surface area (Å²) in [6.45, 7) is 4.38. The molecule has 0 spiro atoms. The predicted molar refractivity (Wildman–Crippen MR) is 169 cm³/mol. The highest BCUT2D eigenvalue weighted by atomic mass is 32.1. The Kier molecular flexibility index (Phi) is 9.61. The second-order valence-corrected chi connectivity index (χ2v) is 11.2. The van der Waals surface area contributed by atoms with Crippen molar-refractivity contribution in [2.45, 2.75) is 46.0 Å². The molecule has 1 aromatic carbocycles. The Morgan fingerprint density at radius 1 is 1.20 bits per heavy atom. The summed E-state index contributed by atoms with van der Waals surface area (Å²) in [5, 5.41) is 32.4. The van der Waals surface area contributed by atoms with Gasteiger partial charge in [-0.2, -0.15) is 0 Å². The molecule has 0 radical (unpaired) electrons. The molecule has 1 aromatic heterocycles. The summed E-state index contributed by atoms with van der Waals surface area (Å²) < 4.78 is 1.02. The van der Waals surface area contributed by atoms with E-state index in [1.807, 2.05) is 31.2 Å². The first kappa shape index (κ1) is 29.6. The molecular formula is C30H38N8O2S. The average Bonchev–Trinajstić information content (AvgIpc) is 3.38. The van der Waals surface area contributed by atoms with Crippen LogP contribution in [0.15, 0.2) is 92.9 Å². The van der Waals surface area contributed by atoms with Crippen LogP contribution in [0.4, 0.5) is 5.13 Å². The first-order valence-electron chi connectivity index (χ1n) is 13.6. The van der Waals surface area contributed by atoms with E-state index >= 15 is 0 Å². The molecular weight excluding hydrogens is 536 g/mol. The van der Waals surface area contributed by atoms with Gasteiger partial charge in [-0.25, -0.2) is 9.98 Å². The van der Waals surface area contributed by atoms with Crippen LogP contribution in [0.3, 0.4) is 0 Å². The van der Waals surface area contributed by atoms with Gasteiger partial charge in [0.15, 0.2) is 0 Å². The number of benzene rings is 1. The molecule has 0 atom stereocenters. The number of hydrogen-bond donors (Lipinski definition) is 6. The van der Waals surface area contributed by atoms with Crippen molar-refractivity contribution in [2.75, 3.05) is 13.6 Å². The van der Waals surface area contributed by atoms with Crippen molar-refractivity contribution in [1.29, 1.82) is 5.41 Å². The summed E-state index contributed by atoms with van der Waals surface area (Å²) in [6, 6.07) is 7.77. The number of thiazole rings is 1. The standard InChI is InChI=1S/C30H38N8O2S/c1-18(28(33)37-30-35-23-11-7-8-12-24(23)41-30)15-25(32)38(3)26-14-13-21(27(36-26)29(39)40)22(16-31)19(2)34-17-20-9-5-4-6-10-20/h7-8,11-16,20,32,36,39-40H,4-6,9-10,17,31H2,1-3H3,(H2,33,35,37)/b18-15-,22-16+,32-25?,34-19?. The molecule has 2 heterocycles. The fourth-order valence-electron chi connectivity index (χ4n) is 4.81. The third-order valence-electron chi connectivity index (χ3n) is 7.29. The van der Waals surface area contributed by atoms with Crippen molar-refractivity contribution < 1.29 is 10.2 Å². The number of likely N-dealkylation sites (N-methyl/N-ethyl adjacent to an activating group) is 1. The van der Waals surface area contributed by atoms with Crippen molar-refractivity contribution in [3.8, 4) is 0 Å². The Balaban J connectivity index is 1.51. The van der Waals surface area contributed by atoms with Crippen LogP contribution in [0.5, 0.6) is 0 Å². The van der Waals surface area contributed by atoms with Crippen LogP contribution in [0.25, 0.3) is 10.2 Å². The zero-order valence-corrected chi connectivity index (χ0v) is 24.5. The molecule has 2 aromatic rings. The minimum Gasteiger partial charge on any atom is -0.480 e. The average molecular weight is 575 g/mol. The van der Waals surface area contributed by atoms with Crippen molar-refractivity contribution in [1.82, 2.24) is 15.2 Å². The number of hydrogen-bond acceptors (Lipinski definition) is 9. The number of aromatic nitrogens is 1. The lowest BCUT2D eigenvalue weighted by Crippen LogP contribution is -2.35. The van der Waals surface area contributed by atoms with E-state index in [2.05, 4.69) is 15.3 Å². The number of nitrogens with two attached hydrogens (primary N) is 2. The van der Waals surface area contributed by atoms with E-state index in [-0.39, 0.29) is 17.4 Å². The van der Waals surface area contributed by atoms with E-state index in [4.69, 9.17) is 21.9 Å². The number of aliphatic hydroxyl groups excluding tert-OH is 1. The maximum Gasteiger partial charge on any atom is 0.299 e. The smallest absolute Gasteiger partial charge is 0.299 e. The monoisotopic (exact) mass is 574 g/mol. The molecule has 1 fully saturated rings. The number of nitrogens with zero attached hydrogens (tertiary/aromatic N) is 4. The van der Waals surface area contributed by atoms with Gasteiger partial charge in [-0.1, -0.05) is 42.7 Å². The van der Waals surface area contributed by atoms with Crippen molar-refractivity contribution in [3.63, 3.8) is 0 Å². The van der Waals surface area contributed by atoms with Gasteiger partial charge in [0.1, 0.15) is 23.2 Å².